The van der Waals surface area contributed by atoms with E-state index in [4.69, 9.17) is 10.2 Å². The fraction of sp³-hybridized carbons (Fsp3) is 0.188. The highest BCUT2D eigenvalue weighted by molar-refractivity contribution is 6.07. The molecule has 0 fully saturated rings. The Morgan fingerprint density at radius 3 is 2.75 bits per heavy atom. The summed E-state index contributed by atoms with van der Waals surface area (Å²) in [6.07, 6.45) is 0. The predicted octanol–water partition coefficient (Wildman–Crippen LogP) is 3.12. The summed E-state index contributed by atoms with van der Waals surface area (Å²) in [6.45, 7) is 2.14. The van der Waals surface area contributed by atoms with Gasteiger partial charge in [0.25, 0.3) is 0 Å². The third kappa shape index (κ3) is 2.14. The van der Waals surface area contributed by atoms with Crippen LogP contribution in [0.2, 0.25) is 0 Å². The van der Waals surface area contributed by atoms with Crippen molar-refractivity contribution in [1.82, 2.24) is 0 Å². The molecular weight excluding hydrogens is 252 g/mol. The Morgan fingerprint density at radius 1 is 1.20 bits per heavy atom. The minimum atomic E-state index is -0.202. The maximum absolute atomic E-state index is 11.9. The molecule has 3 rings (SSSR count). The first-order chi connectivity index (χ1) is 9.69. The number of benzene rings is 2. The number of rotatable bonds is 3. The van der Waals surface area contributed by atoms with Crippen LogP contribution in [-0.2, 0) is 4.79 Å². The Kier molecular flexibility index (Phi) is 3.16. The molecule has 2 aromatic carbocycles. The van der Waals surface area contributed by atoms with Crippen molar-refractivity contribution in [1.29, 1.82) is 0 Å². The summed E-state index contributed by atoms with van der Waals surface area (Å²) < 4.78 is 5.75. The van der Waals surface area contributed by atoms with Crippen molar-refractivity contribution in [3.8, 4) is 0 Å². The number of carbonyl (C=O) groups excluding carboxylic acids is 1. The van der Waals surface area contributed by atoms with Gasteiger partial charge in [0, 0.05) is 28.9 Å². The molecule has 0 radical (unpaired) electrons. The van der Waals surface area contributed by atoms with Crippen LogP contribution >= 0.6 is 0 Å². The number of hydrogen-bond acceptors (Lipinski definition) is 3. The van der Waals surface area contributed by atoms with Crippen LogP contribution in [0, 0.1) is 5.92 Å². The topological polar surface area (TPSA) is 68.3 Å². The van der Waals surface area contributed by atoms with Gasteiger partial charge < -0.3 is 15.5 Å². The van der Waals surface area contributed by atoms with Crippen LogP contribution in [0.3, 0.4) is 0 Å². The molecule has 4 heteroatoms. The molecule has 0 bridgehead atoms. The third-order valence-corrected chi connectivity index (χ3v) is 3.45. The second kappa shape index (κ2) is 4.98. The summed E-state index contributed by atoms with van der Waals surface area (Å²) in [5, 5.41) is 4.92. The fourth-order valence-electron chi connectivity index (χ4n) is 2.18. The lowest BCUT2D eigenvalue weighted by molar-refractivity contribution is -0.119. The van der Waals surface area contributed by atoms with E-state index in [-0.39, 0.29) is 11.8 Å². The predicted molar refractivity (Wildman–Crippen MR) is 80.6 cm³/mol. The highest BCUT2D eigenvalue weighted by atomic mass is 16.3. The zero-order chi connectivity index (χ0) is 14.1. The molecule has 0 aliphatic carbocycles. The van der Waals surface area contributed by atoms with E-state index in [2.05, 4.69) is 5.32 Å². The van der Waals surface area contributed by atoms with Crippen molar-refractivity contribution in [3.05, 3.63) is 42.5 Å². The monoisotopic (exact) mass is 268 g/mol. The minimum Gasteiger partial charge on any atom is -0.456 e. The molecule has 0 saturated carbocycles. The zero-order valence-corrected chi connectivity index (χ0v) is 11.2. The Hall–Kier alpha value is -2.33. The quantitative estimate of drug-likeness (QED) is 0.766. The van der Waals surface area contributed by atoms with E-state index in [9.17, 15) is 4.79 Å². The molecule has 1 heterocycles. The molecule has 0 saturated heterocycles. The molecule has 1 atom stereocenters. The molecule has 3 N–H and O–H groups in total. The number of amides is 1. The normalized spacial score (nSPS) is 12.7. The number of para-hydroxylation sites is 1. The first-order valence-electron chi connectivity index (χ1n) is 6.61. The number of nitrogens with one attached hydrogen (secondary N) is 1. The summed E-state index contributed by atoms with van der Waals surface area (Å²) in [5.74, 6) is -0.272. The molecule has 102 valence electrons. The number of furan rings is 1. The molecule has 1 aromatic heterocycles. The summed E-state index contributed by atoms with van der Waals surface area (Å²) in [6, 6.07) is 13.5. The first kappa shape index (κ1) is 12.7. The summed E-state index contributed by atoms with van der Waals surface area (Å²) in [5.41, 5.74) is 7.92. The van der Waals surface area contributed by atoms with Gasteiger partial charge >= 0.3 is 0 Å². The molecular formula is C16H16N2O2. The van der Waals surface area contributed by atoms with E-state index < -0.39 is 0 Å². The average Bonchev–Trinajstić information content (AvgIpc) is 2.84. The number of anilines is 1. The van der Waals surface area contributed by atoms with Crippen LogP contribution in [0.1, 0.15) is 6.92 Å². The maximum atomic E-state index is 11.9. The summed E-state index contributed by atoms with van der Waals surface area (Å²) in [7, 11) is 0. The third-order valence-electron chi connectivity index (χ3n) is 3.45. The van der Waals surface area contributed by atoms with E-state index in [1.807, 2.05) is 42.5 Å². The van der Waals surface area contributed by atoms with Gasteiger partial charge in [0.05, 0.1) is 0 Å². The molecule has 0 aliphatic rings. The Bertz CT molecular complexity index is 776. The lowest BCUT2D eigenvalue weighted by Gasteiger charge is -2.09. The molecule has 1 amide bonds. The van der Waals surface area contributed by atoms with Gasteiger partial charge in [-0.1, -0.05) is 25.1 Å². The van der Waals surface area contributed by atoms with Gasteiger partial charge in [0.2, 0.25) is 5.91 Å². The van der Waals surface area contributed by atoms with Crippen LogP contribution < -0.4 is 11.1 Å². The standard InChI is InChI=1S/C16H16N2O2/c1-10(9-17)16(19)18-11-6-7-15-13(8-11)12-4-2-3-5-14(12)20-15/h2-8,10H,9,17H2,1H3,(H,18,19). The van der Waals surface area contributed by atoms with Crippen LogP contribution in [0.5, 0.6) is 0 Å². The van der Waals surface area contributed by atoms with E-state index in [0.717, 1.165) is 27.6 Å². The van der Waals surface area contributed by atoms with Crippen LogP contribution in [0.4, 0.5) is 5.69 Å². The lowest BCUT2D eigenvalue weighted by Crippen LogP contribution is -2.26. The van der Waals surface area contributed by atoms with Crippen molar-refractivity contribution in [3.63, 3.8) is 0 Å². The Labute approximate surface area is 116 Å². The van der Waals surface area contributed by atoms with E-state index in [1.165, 1.54) is 0 Å². The molecule has 4 nitrogen and oxygen atoms in total. The van der Waals surface area contributed by atoms with Crippen molar-refractivity contribution < 1.29 is 9.21 Å². The van der Waals surface area contributed by atoms with E-state index >= 15 is 0 Å². The van der Waals surface area contributed by atoms with Crippen LogP contribution in [0.25, 0.3) is 21.9 Å². The molecule has 0 spiro atoms. The molecule has 1 unspecified atom stereocenters. The maximum Gasteiger partial charge on any atom is 0.228 e. The van der Waals surface area contributed by atoms with Crippen LogP contribution in [-0.4, -0.2) is 12.5 Å². The van der Waals surface area contributed by atoms with Gasteiger partial charge in [-0.3, -0.25) is 4.79 Å². The van der Waals surface area contributed by atoms with E-state index in [0.29, 0.717) is 6.54 Å². The van der Waals surface area contributed by atoms with Gasteiger partial charge in [-0.15, -0.1) is 0 Å². The summed E-state index contributed by atoms with van der Waals surface area (Å²) >= 11 is 0. The Balaban J connectivity index is 2.01. The lowest BCUT2D eigenvalue weighted by atomic mass is 10.1. The highest BCUT2D eigenvalue weighted by Gasteiger charge is 2.12. The first-order valence-corrected chi connectivity index (χ1v) is 6.61. The van der Waals surface area contributed by atoms with Gasteiger partial charge in [0.15, 0.2) is 0 Å². The fourth-order valence-corrected chi connectivity index (χ4v) is 2.18. The van der Waals surface area contributed by atoms with Gasteiger partial charge in [-0.25, -0.2) is 0 Å². The SMILES string of the molecule is CC(CN)C(=O)Nc1ccc2oc3ccccc3c2c1. The largest absolute Gasteiger partial charge is 0.456 e. The van der Waals surface area contributed by atoms with Crippen LogP contribution in [0.15, 0.2) is 46.9 Å². The number of carbonyl (C=O) groups is 1. The number of fused-ring (bicyclic) bond motifs is 3. The number of hydrogen-bond donors (Lipinski definition) is 2. The second-order valence-electron chi connectivity index (χ2n) is 4.94. The van der Waals surface area contributed by atoms with Gasteiger partial charge in [-0.2, -0.15) is 0 Å². The van der Waals surface area contributed by atoms with Gasteiger partial charge in [0.1, 0.15) is 11.2 Å². The molecule has 0 aliphatic heterocycles. The molecule has 20 heavy (non-hydrogen) atoms. The van der Waals surface area contributed by atoms with Crippen molar-refractivity contribution in [2.75, 3.05) is 11.9 Å². The minimum absolute atomic E-state index is 0.0698. The van der Waals surface area contributed by atoms with Crippen molar-refractivity contribution in [2.24, 2.45) is 11.7 Å². The second-order valence-corrected chi connectivity index (χ2v) is 4.94. The summed E-state index contributed by atoms with van der Waals surface area (Å²) in [4.78, 5) is 11.9. The average molecular weight is 268 g/mol. The molecule has 3 aromatic rings. The van der Waals surface area contributed by atoms with Gasteiger partial charge in [-0.05, 0) is 24.3 Å². The Morgan fingerprint density at radius 2 is 1.95 bits per heavy atom. The van der Waals surface area contributed by atoms with Crippen molar-refractivity contribution in [2.45, 2.75) is 6.92 Å². The van der Waals surface area contributed by atoms with Crippen molar-refractivity contribution >= 4 is 33.5 Å². The number of nitrogens with two attached hydrogens (primary N) is 1. The zero-order valence-electron chi connectivity index (χ0n) is 11.2. The van der Waals surface area contributed by atoms with E-state index in [1.54, 1.807) is 6.92 Å². The highest BCUT2D eigenvalue weighted by Crippen LogP contribution is 2.30. The smallest absolute Gasteiger partial charge is 0.228 e.